The van der Waals surface area contributed by atoms with Crippen molar-refractivity contribution in [2.75, 3.05) is 7.11 Å². The largest absolute Gasteiger partial charge is 0.493 e. The van der Waals surface area contributed by atoms with E-state index in [4.69, 9.17) is 18.9 Å². The standard InChI is InChI=1S/C33H44N2O9/c1-16(2)14-23(35-20(6)36)29(37)34-18(4)30(38)42-19(5)31(39)43-25-11-13-33(40)22-15-21-8-9-24(41-7)27-26(21)32(33,28(25)44-27)12-10-17(22)3/h8-9,11,16-19,22-23,28,40H,10,12-15H2,1-7H3,(H,34,37)(H,35,36)/t17?,18-,19-,22-,23-,28-,32-,33+/m0/s1. The molecule has 8 atom stereocenters. The highest BCUT2D eigenvalue weighted by atomic mass is 16.6. The van der Waals surface area contributed by atoms with Gasteiger partial charge in [0.1, 0.15) is 17.8 Å². The first-order valence-corrected chi connectivity index (χ1v) is 15.5. The molecule has 1 saturated carbocycles. The number of carbonyl (C=O) groups excluding carboxylic acids is 4. The Bertz CT molecular complexity index is 1390. The molecule has 1 heterocycles. The molecular weight excluding hydrogens is 568 g/mol. The smallest absolute Gasteiger partial charge is 0.352 e. The molecule has 5 rings (SSSR count). The van der Waals surface area contributed by atoms with Crippen molar-refractivity contribution in [3.63, 3.8) is 0 Å². The van der Waals surface area contributed by atoms with Crippen LogP contribution in [-0.4, -0.2) is 65.9 Å². The van der Waals surface area contributed by atoms with Gasteiger partial charge in [-0.1, -0.05) is 26.8 Å². The maximum Gasteiger partial charge on any atom is 0.352 e. The molecule has 240 valence electrons. The summed E-state index contributed by atoms with van der Waals surface area (Å²) in [6, 6.07) is 2.04. The van der Waals surface area contributed by atoms with Gasteiger partial charge in [0.2, 0.25) is 11.8 Å². The first kappa shape index (κ1) is 31.8. The van der Waals surface area contributed by atoms with Gasteiger partial charge in [-0.05, 0) is 81.4 Å². The Morgan fingerprint density at radius 2 is 1.84 bits per heavy atom. The van der Waals surface area contributed by atoms with Gasteiger partial charge >= 0.3 is 11.9 Å². The van der Waals surface area contributed by atoms with Crippen LogP contribution >= 0.6 is 0 Å². The molecule has 11 nitrogen and oxygen atoms in total. The van der Waals surface area contributed by atoms with Gasteiger partial charge in [0.05, 0.1) is 18.1 Å². The van der Waals surface area contributed by atoms with E-state index in [2.05, 4.69) is 17.6 Å². The van der Waals surface area contributed by atoms with Crippen molar-refractivity contribution in [3.8, 4) is 11.5 Å². The van der Waals surface area contributed by atoms with Gasteiger partial charge in [-0.25, -0.2) is 9.59 Å². The number of nitrogens with one attached hydrogen (secondary N) is 2. The van der Waals surface area contributed by atoms with E-state index in [9.17, 15) is 24.3 Å². The maximum atomic E-state index is 13.3. The first-order valence-electron chi connectivity index (χ1n) is 15.5. The second kappa shape index (κ2) is 11.7. The number of rotatable bonds is 10. The molecule has 1 unspecified atom stereocenters. The third-order valence-electron chi connectivity index (χ3n) is 9.89. The summed E-state index contributed by atoms with van der Waals surface area (Å²) in [5.41, 5.74) is 0.176. The summed E-state index contributed by atoms with van der Waals surface area (Å²) >= 11 is 0. The van der Waals surface area contributed by atoms with Crippen LogP contribution in [-0.2, 0) is 40.5 Å². The molecule has 0 aromatic heterocycles. The fraction of sp³-hybridized carbons (Fsp3) is 0.636. The number of hydrogen-bond acceptors (Lipinski definition) is 9. The van der Waals surface area contributed by atoms with Crippen LogP contribution in [0.1, 0.15) is 78.4 Å². The van der Waals surface area contributed by atoms with Crippen molar-refractivity contribution >= 4 is 23.8 Å². The van der Waals surface area contributed by atoms with Crippen molar-refractivity contribution < 1.29 is 43.2 Å². The van der Waals surface area contributed by atoms with E-state index in [1.54, 1.807) is 13.2 Å². The lowest BCUT2D eigenvalue weighted by molar-refractivity contribution is -0.176. The van der Waals surface area contributed by atoms with Crippen LogP contribution in [0.3, 0.4) is 0 Å². The third-order valence-corrected chi connectivity index (χ3v) is 9.89. The molecule has 1 aromatic rings. The van der Waals surface area contributed by atoms with Crippen molar-refractivity contribution in [2.24, 2.45) is 17.8 Å². The molecule has 2 amide bonds. The SMILES string of the molecule is COc1ccc2c3c1O[C@H]1C(OC(=O)[C@H](C)OC(=O)[C@H](C)NC(=O)[C@H](CC(C)C)NC(C)=O)=CC[C@@]4(O)[C@@H](C2)C(C)CC[C@]314. The van der Waals surface area contributed by atoms with E-state index in [1.165, 1.54) is 20.8 Å². The number of aliphatic hydroxyl groups is 1. The van der Waals surface area contributed by atoms with Crippen LogP contribution in [0.5, 0.6) is 11.5 Å². The Kier molecular flexibility index (Phi) is 8.48. The number of carbonyl (C=O) groups is 4. The average Bonchev–Trinajstić information content (AvgIpc) is 3.31. The lowest BCUT2D eigenvalue weighted by Crippen LogP contribution is -2.69. The average molecular weight is 613 g/mol. The highest BCUT2D eigenvalue weighted by Crippen LogP contribution is 2.68. The molecule has 11 heteroatoms. The zero-order valence-corrected chi connectivity index (χ0v) is 26.5. The summed E-state index contributed by atoms with van der Waals surface area (Å²) in [4.78, 5) is 50.5. The zero-order valence-electron chi connectivity index (χ0n) is 26.5. The van der Waals surface area contributed by atoms with Gasteiger partial charge in [-0.2, -0.15) is 0 Å². The topological polar surface area (TPSA) is 149 Å². The van der Waals surface area contributed by atoms with Gasteiger partial charge in [0.15, 0.2) is 23.7 Å². The summed E-state index contributed by atoms with van der Waals surface area (Å²) in [5, 5.41) is 17.5. The minimum Gasteiger partial charge on any atom is -0.493 e. The van der Waals surface area contributed by atoms with Gasteiger partial charge in [-0.3, -0.25) is 9.59 Å². The molecule has 1 aromatic carbocycles. The molecule has 3 aliphatic carbocycles. The van der Waals surface area contributed by atoms with E-state index in [0.29, 0.717) is 36.7 Å². The van der Waals surface area contributed by atoms with E-state index in [0.717, 1.165) is 24.0 Å². The molecule has 1 fully saturated rings. The molecular formula is C33H44N2O9. The van der Waals surface area contributed by atoms with Crippen LogP contribution in [0.4, 0.5) is 0 Å². The van der Waals surface area contributed by atoms with Crippen molar-refractivity contribution in [2.45, 2.75) is 109 Å². The van der Waals surface area contributed by atoms with Crippen LogP contribution in [0.15, 0.2) is 24.0 Å². The summed E-state index contributed by atoms with van der Waals surface area (Å²) in [7, 11) is 1.57. The Balaban J connectivity index is 1.30. The molecule has 3 N–H and O–H groups in total. The van der Waals surface area contributed by atoms with Crippen LogP contribution in [0, 0.1) is 17.8 Å². The predicted octanol–water partition coefficient (Wildman–Crippen LogP) is 2.85. The van der Waals surface area contributed by atoms with Crippen molar-refractivity contribution in [3.05, 3.63) is 35.1 Å². The fourth-order valence-corrected chi connectivity index (χ4v) is 7.81. The summed E-state index contributed by atoms with van der Waals surface area (Å²) in [6.07, 6.45) is 2.65. The number of amides is 2. The van der Waals surface area contributed by atoms with E-state index < -0.39 is 53.2 Å². The van der Waals surface area contributed by atoms with E-state index >= 15 is 0 Å². The minimum atomic E-state index is -1.29. The van der Waals surface area contributed by atoms with Gasteiger partial charge in [0, 0.05) is 12.5 Å². The highest BCUT2D eigenvalue weighted by Gasteiger charge is 2.72. The molecule has 44 heavy (non-hydrogen) atoms. The number of esters is 2. The number of hydrogen-bond donors (Lipinski definition) is 3. The molecule has 0 saturated heterocycles. The number of ether oxygens (including phenoxy) is 4. The van der Waals surface area contributed by atoms with Gasteiger partial charge < -0.3 is 34.7 Å². The van der Waals surface area contributed by atoms with Gasteiger partial charge in [-0.15, -0.1) is 0 Å². The normalized spacial score (nSPS) is 29.7. The van der Waals surface area contributed by atoms with Crippen LogP contribution in [0.2, 0.25) is 0 Å². The van der Waals surface area contributed by atoms with Gasteiger partial charge in [0.25, 0.3) is 0 Å². The molecule has 4 aliphatic rings. The molecule has 0 radical (unpaired) electrons. The lowest BCUT2D eigenvalue weighted by atomic mass is 9.45. The summed E-state index contributed by atoms with van der Waals surface area (Å²) < 4.78 is 23.4. The minimum absolute atomic E-state index is 0.0186. The van der Waals surface area contributed by atoms with Crippen LogP contribution in [0.25, 0.3) is 0 Å². The van der Waals surface area contributed by atoms with Crippen LogP contribution < -0.4 is 20.1 Å². The Morgan fingerprint density at radius 1 is 1.11 bits per heavy atom. The fourth-order valence-electron chi connectivity index (χ4n) is 7.81. The highest BCUT2D eigenvalue weighted by molar-refractivity contribution is 5.90. The Morgan fingerprint density at radius 3 is 2.50 bits per heavy atom. The van der Waals surface area contributed by atoms with E-state index in [1.807, 2.05) is 26.0 Å². The van der Waals surface area contributed by atoms with Crippen molar-refractivity contribution in [1.29, 1.82) is 0 Å². The molecule has 1 aliphatic heterocycles. The first-order chi connectivity index (χ1) is 20.7. The Labute approximate surface area is 258 Å². The zero-order chi connectivity index (χ0) is 32.1. The number of methoxy groups -OCH3 is 1. The quantitative estimate of drug-likeness (QED) is 0.339. The van der Waals surface area contributed by atoms with Crippen molar-refractivity contribution in [1.82, 2.24) is 10.6 Å². The predicted molar refractivity (Wildman–Crippen MR) is 159 cm³/mol. The second-order valence-corrected chi connectivity index (χ2v) is 13.3. The lowest BCUT2D eigenvalue weighted by Gasteiger charge is -2.61. The summed E-state index contributed by atoms with van der Waals surface area (Å²) in [6.45, 7) is 10.2. The summed E-state index contributed by atoms with van der Waals surface area (Å²) in [5.74, 6) is -0.645. The molecule has 1 spiro atoms. The Hall–Kier alpha value is -3.60. The third kappa shape index (κ3) is 5.12. The maximum absolute atomic E-state index is 13.3. The van der Waals surface area contributed by atoms with E-state index in [-0.39, 0.29) is 23.5 Å². The monoisotopic (exact) mass is 612 g/mol. The molecule has 2 bridgehead atoms. The number of benzene rings is 1. The second-order valence-electron chi connectivity index (χ2n) is 13.3.